The van der Waals surface area contributed by atoms with Crippen LogP contribution in [0, 0.1) is 18.3 Å². The second-order valence-corrected chi connectivity index (χ2v) is 6.46. The molecule has 1 saturated carbocycles. The quantitative estimate of drug-likeness (QED) is 0.883. The normalized spacial score (nSPS) is 17.8. The fourth-order valence-corrected chi connectivity index (χ4v) is 3.11. The molecule has 0 atom stereocenters. The average molecular weight is 274 g/mol. The van der Waals surface area contributed by atoms with Crippen molar-refractivity contribution in [3.63, 3.8) is 0 Å². The standard InChI is InChI=1S/C16H26N4/c1-11-13(14(17)20-15(18)19-11)9-10-16(2,3)12-7-5-4-6-8-12/h9-10,12H,4-8H2,1-3H3,(H4,17,18,19,20)/b10-9+. The van der Waals surface area contributed by atoms with Gasteiger partial charge >= 0.3 is 0 Å². The zero-order chi connectivity index (χ0) is 14.8. The highest BCUT2D eigenvalue weighted by molar-refractivity contribution is 5.64. The molecule has 1 aromatic heterocycles. The van der Waals surface area contributed by atoms with Gasteiger partial charge in [0.1, 0.15) is 5.82 Å². The van der Waals surface area contributed by atoms with Gasteiger partial charge in [0.25, 0.3) is 0 Å². The Labute approximate surface area is 121 Å². The van der Waals surface area contributed by atoms with Gasteiger partial charge in [-0.2, -0.15) is 4.98 Å². The first kappa shape index (κ1) is 14.8. The monoisotopic (exact) mass is 274 g/mol. The second-order valence-electron chi connectivity index (χ2n) is 6.46. The molecule has 1 aromatic rings. The van der Waals surface area contributed by atoms with E-state index in [1.54, 1.807) is 0 Å². The van der Waals surface area contributed by atoms with Crippen LogP contribution in [0.2, 0.25) is 0 Å². The molecule has 0 spiro atoms. The summed E-state index contributed by atoms with van der Waals surface area (Å²) in [5, 5.41) is 0. The van der Waals surface area contributed by atoms with Crippen LogP contribution in [0.15, 0.2) is 6.08 Å². The lowest BCUT2D eigenvalue weighted by molar-refractivity contribution is 0.211. The summed E-state index contributed by atoms with van der Waals surface area (Å²) >= 11 is 0. The summed E-state index contributed by atoms with van der Waals surface area (Å²) in [6.45, 7) is 6.54. The SMILES string of the molecule is Cc1nc(N)nc(N)c1/C=C/C(C)(C)C1CCCCC1. The van der Waals surface area contributed by atoms with Crippen LogP contribution in [0.1, 0.15) is 57.2 Å². The first-order valence-corrected chi connectivity index (χ1v) is 7.49. The van der Waals surface area contributed by atoms with Gasteiger partial charge in [-0.25, -0.2) is 4.98 Å². The molecule has 110 valence electrons. The third-order valence-corrected chi connectivity index (χ3v) is 4.52. The van der Waals surface area contributed by atoms with Crippen molar-refractivity contribution in [1.29, 1.82) is 0 Å². The van der Waals surface area contributed by atoms with Crippen molar-refractivity contribution in [3.8, 4) is 0 Å². The molecule has 20 heavy (non-hydrogen) atoms. The summed E-state index contributed by atoms with van der Waals surface area (Å²) in [5.41, 5.74) is 13.5. The Balaban J connectivity index is 2.19. The highest BCUT2D eigenvalue weighted by Crippen LogP contribution is 2.39. The Morgan fingerprint density at radius 2 is 1.75 bits per heavy atom. The maximum absolute atomic E-state index is 5.95. The van der Waals surface area contributed by atoms with Gasteiger partial charge in [-0.1, -0.05) is 45.3 Å². The van der Waals surface area contributed by atoms with Crippen LogP contribution in [0.4, 0.5) is 11.8 Å². The number of hydrogen-bond donors (Lipinski definition) is 2. The minimum Gasteiger partial charge on any atom is -0.383 e. The van der Waals surface area contributed by atoms with E-state index in [1.807, 2.05) is 6.92 Å². The second kappa shape index (κ2) is 5.81. The molecule has 2 rings (SSSR count). The van der Waals surface area contributed by atoms with E-state index in [4.69, 9.17) is 11.5 Å². The Morgan fingerprint density at radius 3 is 2.35 bits per heavy atom. The molecule has 0 radical (unpaired) electrons. The first-order valence-electron chi connectivity index (χ1n) is 7.49. The lowest BCUT2D eigenvalue weighted by Crippen LogP contribution is -2.24. The van der Waals surface area contributed by atoms with Crippen LogP contribution < -0.4 is 11.5 Å². The van der Waals surface area contributed by atoms with E-state index >= 15 is 0 Å². The van der Waals surface area contributed by atoms with E-state index in [0.29, 0.717) is 5.82 Å². The number of allylic oxidation sites excluding steroid dienone is 1. The maximum Gasteiger partial charge on any atom is 0.222 e. The van der Waals surface area contributed by atoms with Gasteiger partial charge in [0, 0.05) is 5.56 Å². The zero-order valence-corrected chi connectivity index (χ0v) is 12.8. The molecular weight excluding hydrogens is 248 g/mol. The van der Waals surface area contributed by atoms with Gasteiger partial charge in [-0.15, -0.1) is 0 Å². The van der Waals surface area contributed by atoms with Gasteiger partial charge in [0.15, 0.2) is 0 Å². The molecule has 1 aliphatic carbocycles. The predicted molar refractivity (Wildman–Crippen MR) is 85.0 cm³/mol. The van der Waals surface area contributed by atoms with Crippen molar-refractivity contribution in [2.45, 2.75) is 52.9 Å². The number of nitrogens with zero attached hydrogens (tertiary/aromatic N) is 2. The largest absolute Gasteiger partial charge is 0.383 e. The molecule has 1 fully saturated rings. The van der Waals surface area contributed by atoms with Gasteiger partial charge in [-0.3, -0.25) is 0 Å². The van der Waals surface area contributed by atoms with Crippen LogP contribution in [0.25, 0.3) is 6.08 Å². The van der Waals surface area contributed by atoms with Gasteiger partial charge in [-0.05, 0) is 31.1 Å². The summed E-state index contributed by atoms with van der Waals surface area (Å²) in [6.07, 6.45) is 11.1. The first-order chi connectivity index (χ1) is 9.40. The van der Waals surface area contributed by atoms with E-state index in [1.165, 1.54) is 32.1 Å². The van der Waals surface area contributed by atoms with Crippen molar-refractivity contribution < 1.29 is 0 Å². The van der Waals surface area contributed by atoms with Crippen LogP contribution >= 0.6 is 0 Å². The van der Waals surface area contributed by atoms with E-state index in [0.717, 1.165) is 17.2 Å². The van der Waals surface area contributed by atoms with E-state index in [-0.39, 0.29) is 11.4 Å². The minimum atomic E-state index is 0.181. The van der Waals surface area contributed by atoms with Crippen molar-refractivity contribution in [2.24, 2.45) is 11.3 Å². The van der Waals surface area contributed by atoms with Crippen LogP contribution in [-0.4, -0.2) is 9.97 Å². The third-order valence-electron chi connectivity index (χ3n) is 4.52. The van der Waals surface area contributed by atoms with Gasteiger partial charge in [0.05, 0.1) is 5.69 Å². The molecule has 0 amide bonds. The topological polar surface area (TPSA) is 77.8 Å². The molecule has 4 nitrogen and oxygen atoms in total. The molecule has 4 heteroatoms. The van der Waals surface area contributed by atoms with E-state index < -0.39 is 0 Å². The third kappa shape index (κ3) is 3.30. The number of aryl methyl sites for hydroxylation is 1. The number of hydrogen-bond acceptors (Lipinski definition) is 4. The van der Waals surface area contributed by atoms with E-state index in [9.17, 15) is 0 Å². The lowest BCUT2D eigenvalue weighted by atomic mass is 9.71. The molecule has 1 aliphatic rings. The number of nitrogens with two attached hydrogens (primary N) is 2. The van der Waals surface area contributed by atoms with Gasteiger partial charge < -0.3 is 11.5 Å². The van der Waals surface area contributed by atoms with E-state index in [2.05, 4.69) is 36.0 Å². The summed E-state index contributed by atoms with van der Waals surface area (Å²) < 4.78 is 0. The summed E-state index contributed by atoms with van der Waals surface area (Å²) in [6, 6.07) is 0. The van der Waals surface area contributed by atoms with Crippen molar-refractivity contribution in [3.05, 3.63) is 17.3 Å². The Morgan fingerprint density at radius 1 is 1.10 bits per heavy atom. The molecule has 4 N–H and O–H groups in total. The fourth-order valence-electron chi connectivity index (χ4n) is 3.11. The number of aromatic nitrogens is 2. The van der Waals surface area contributed by atoms with Crippen molar-refractivity contribution in [1.82, 2.24) is 9.97 Å². The average Bonchev–Trinajstić information content (AvgIpc) is 2.38. The van der Waals surface area contributed by atoms with Crippen molar-refractivity contribution >= 4 is 17.8 Å². The molecule has 1 heterocycles. The zero-order valence-electron chi connectivity index (χ0n) is 12.8. The molecule has 0 bridgehead atoms. The van der Waals surface area contributed by atoms with Crippen LogP contribution in [0.5, 0.6) is 0 Å². The lowest BCUT2D eigenvalue weighted by Gasteiger charge is -2.34. The Kier molecular flexibility index (Phi) is 4.31. The number of rotatable bonds is 3. The Hall–Kier alpha value is -1.58. The van der Waals surface area contributed by atoms with Crippen LogP contribution in [-0.2, 0) is 0 Å². The van der Waals surface area contributed by atoms with Crippen molar-refractivity contribution in [2.75, 3.05) is 11.5 Å². The molecule has 0 aromatic carbocycles. The van der Waals surface area contributed by atoms with Crippen LogP contribution in [0.3, 0.4) is 0 Å². The number of nitrogen functional groups attached to an aromatic ring is 2. The molecule has 0 aliphatic heterocycles. The number of anilines is 2. The minimum absolute atomic E-state index is 0.181. The molecular formula is C16H26N4. The molecule has 0 saturated heterocycles. The highest BCUT2D eigenvalue weighted by Gasteiger charge is 2.28. The maximum atomic E-state index is 5.95. The predicted octanol–water partition coefficient (Wildman–Crippen LogP) is 3.57. The summed E-state index contributed by atoms with van der Waals surface area (Å²) in [7, 11) is 0. The summed E-state index contributed by atoms with van der Waals surface area (Å²) in [5.74, 6) is 1.46. The van der Waals surface area contributed by atoms with Gasteiger partial charge in [0.2, 0.25) is 5.95 Å². The molecule has 0 unspecified atom stereocenters. The smallest absolute Gasteiger partial charge is 0.222 e. The highest BCUT2D eigenvalue weighted by atomic mass is 15.0. The Bertz CT molecular complexity index is 476. The summed E-state index contributed by atoms with van der Waals surface area (Å²) in [4.78, 5) is 8.22. The fraction of sp³-hybridized carbons (Fsp3) is 0.625.